The van der Waals surface area contributed by atoms with Gasteiger partial charge >= 0.3 is 0 Å². The summed E-state index contributed by atoms with van der Waals surface area (Å²) >= 11 is 3.52. The first kappa shape index (κ1) is 40.9. The average molecular weight is 850 g/mol. The molecule has 0 atom stereocenters. The minimum absolute atomic E-state index is 0.0214. The number of rotatable bonds is 7. The summed E-state index contributed by atoms with van der Waals surface area (Å²) in [6, 6.07) is 29.3. The number of imidazole rings is 2. The zero-order valence-corrected chi connectivity index (χ0v) is 35.9. The van der Waals surface area contributed by atoms with Crippen molar-refractivity contribution >= 4 is 44.8 Å². The molecule has 0 aliphatic carbocycles. The van der Waals surface area contributed by atoms with Crippen molar-refractivity contribution in [1.82, 2.24) is 29.3 Å². The maximum atomic E-state index is 13.6. The van der Waals surface area contributed by atoms with Crippen molar-refractivity contribution in [3.8, 4) is 22.5 Å². The van der Waals surface area contributed by atoms with Gasteiger partial charge in [-0.15, -0.1) is 0 Å². The van der Waals surface area contributed by atoms with Gasteiger partial charge in [0.1, 0.15) is 46.3 Å². The molecule has 0 unspecified atom stereocenters. The van der Waals surface area contributed by atoms with Gasteiger partial charge < -0.3 is 30.0 Å². The lowest BCUT2D eigenvalue weighted by molar-refractivity contribution is -0.140. The quantitative estimate of drug-likeness (QED) is 0.139. The van der Waals surface area contributed by atoms with Crippen LogP contribution in [0.25, 0.3) is 22.5 Å². The first-order valence-electron chi connectivity index (χ1n) is 19.6. The van der Waals surface area contributed by atoms with Crippen molar-refractivity contribution in [1.29, 1.82) is 0 Å². The van der Waals surface area contributed by atoms with Crippen molar-refractivity contribution in [3.05, 3.63) is 131 Å². The molecule has 6 aromatic rings. The zero-order valence-electron chi connectivity index (χ0n) is 34.3. The highest BCUT2D eigenvalue weighted by molar-refractivity contribution is 9.10. The van der Waals surface area contributed by atoms with Gasteiger partial charge in [-0.25, -0.2) is 18.7 Å². The van der Waals surface area contributed by atoms with E-state index in [0.29, 0.717) is 13.1 Å². The Bertz CT molecular complexity index is 2410. The van der Waals surface area contributed by atoms with Gasteiger partial charge in [-0.1, -0.05) is 51.3 Å². The largest absolute Gasteiger partial charge is 0.340 e. The van der Waals surface area contributed by atoms with Gasteiger partial charge in [0, 0.05) is 48.7 Å². The molecule has 1 amide bonds. The summed E-state index contributed by atoms with van der Waals surface area (Å²) in [5.74, 6) is 3.06. The third-order valence-corrected chi connectivity index (χ3v) is 11.1. The van der Waals surface area contributed by atoms with Crippen LogP contribution < -0.4 is 16.0 Å². The van der Waals surface area contributed by atoms with Crippen LogP contribution in [0.4, 0.5) is 31.8 Å². The summed E-state index contributed by atoms with van der Waals surface area (Å²) < 4.78 is 30.7. The lowest BCUT2D eigenvalue weighted by atomic mass is 9.97. The predicted octanol–water partition coefficient (Wildman–Crippen LogP) is 10.6. The highest BCUT2D eigenvalue weighted by Gasteiger charge is 2.45. The van der Waals surface area contributed by atoms with E-state index < -0.39 is 9.86 Å². The van der Waals surface area contributed by atoms with Gasteiger partial charge in [0.15, 0.2) is 0 Å². The molecule has 2 aliphatic heterocycles. The molecule has 0 saturated heterocycles. The van der Waals surface area contributed by atoms with E-state index in [-0.39, 0.29) is 23.1 Å². The second kappa shape index (κ2) is 15.8. The molecule has 4 heterocycles. The monoisotopic (exact) mass is 848 g/mol. The number of hydrogen-bond donors (Lipinski definition) is 3. The zero-order chi connectivity index (χ0) is 41.6. The minimum atomic E-state index is -0.665. The molecule has 0 saturated carbocycles. The van der Waals surface area contributed by atoms with Crippen molar-refractivity contribution in [2.45, 2.75) is 83.9 Å². The number of aryl methyl sites for hydroxylation is 2. The lowest BCUT2D eigenvalue weighted by Gasteiger charge is -2.44. The summed E-state index contributed by atoms with van der Waals surface area (Å²) in [5.41, 5.74) is 6.81. The van der Waals surface area contributed by atoms with E-state index in [1.165, 1.54) is 35.4 Å². The second-order valence-electron chi connectivity index (χ2n) is 16.6. The van der Waals surface area contributed by atoms with Crippen LogP contribution in [0.5, 0.6) is 0 Å². The van der Waals surface area contributed by atoms with Crippen LogP contribution in [0.15, 0.2) is 97.1 Å². The van der Waals surface area contributed by atoms with Crippen molar-refractivity contribution in [2.75, 3.05) is 23.7 Å². The van der Waals surface area contributed by atoms with Gasteiger partial charge in [-0.05, 0) is 128 Å². The molecular weight excluding hydrogens is 798 g/mol. The Balaban J connectivity index is 0.000000180. The highest BCUT2D eigenvalue weighted by Crippen LogP contribution is 2.41. The fourth-order valence-corrected chi connectivity index (χ4v) is 7.75. The summed E-state index contributed by atoms with van der Waals surface area (Å²) in [6.07, 6.45) is 0. The van der Waals surface area contributed by atoms with Crippen molar-refractivity contribution in [3.63, 3.8) is 0 Å². The molecule has 9 nitrogen and oxygen atoms in total. The molecule has 0 spiro atoms. The van der Waals surface area contributed by atoms with Gasteiger partial charge in [-0.3, -0.25) is 4.79 Å². The molecule has 0 radical (unpaired) electrons. The third-order valence-electron chi connectivity index (χ3n) is 10.8. The van der Waals surface area contributed by atoms with Gasteiger partial charge in [-0.2, -0.15) is 0 Å². The van der Waals surface area contributed by atoms with Crippen LogP contribution in [0.2, 0.25) is 0 Å². The average Bonchev–Trinajstić information content (AvgIpc) is 3.74. The molecule has 2 aromatic heterocycles. The molecule has 0 bridgehead atoms. The molecule has 0 fully saturated rings. The maximum absolute atomic E-state index is 13.6. The van der Waals surface area contributed by atoms with Crippen LogP contribution in [0, 0.1) is 25.5 Å². The van der Waals surface area contributed by atoms with E-state index in [1.807, 2.05) is 51.7 Å². The number of carbonyl (C=O) groups excluding carboxylic acids is 1. The second-order valence-corrected chi connectivity index (χ2v) is 18.6. The maximum Gasteiger partial charge on any atom is 0.239 e. The SMILES string of the molecule is Cc1ccc(Nc2c(-c3ccc(F)cc3)nc3n2CCN(C(=O)C(C)(C)Br)C3(C)C)cc1.Cc1ccc(Nc2c(-c3ccc(F)cc3)nc3n2CCNC3(C)C)cc1. The van der Waals surface area contributed by atoms with E-state index in [1.54, 1.807) is 24.3 Å². The van der Waals surface area contributed by atoms with E-state index in [0.717, 1.165) is 70.3 Å². The van der Waals surface area contributed by atoms with Gasteiger partial charge in [0.2, 0.25) is 5.91 Å². The molecular formula is C46H51BrF2N8O. The van der Waals surface area contributed by atoms with E-state index in [9.17, 15) is 13.6 Å². The molecule has 2 aliphatic rings. The van der Waals surface area contributed by atoms with Crippen molar-refractivity contribution in [2.24, 2.45) is 0 Å². The van der Waals surface area contributed by atoms with Crippen molar-refractivity contribution < 1.29 is 13.6 Å². The molecule has 58 heavy (non-hydrogen) atoms. The molecule has 8 rings (SSSR count). The summed E-state index contributed by atoms with van der Waals surface area (Å²) in [7, 11) is 0. The molecule has 12 heteroatoms. The summed E-state index contributed by atoms with van der Waals surface area (Å²) in [6.45, 7) is 19.0. The Hall–Kier alpha value is -5.33. The number of nitrogens with zero attached hydrogens (tertiary/aromatic N) is 5. The first-order chi connectivity index (χ1) is 27.4. The number of hydrogen-bond acceptors (Lipinski definition) is 6. The normalized spacial score (nSPS) is 15.5. The Morgan fingerprint density at radius 1 is 0.672 bits per heavy atom. The van der Waals surface area contributed by atoms with E-state index in [4.69, 9.17) is 9.97 Å². The topological polar surface area (TPSA) is 92.0 Å². The standard InChI is InChI=1S/C25H28BrFN4O.C21H23FN4/c1-16-6-12-19(13-7-16)28-21-20(17-8-10-18(27)11-9-17)29-22-25(4,5)31(15-14-30(21)22)23(32)24(2,3)26;1-14-4-10-17(11-5-14)24-19-18(15-6-8-16(22)9-7-15)25-20-21(2,3)23-12-13-26(19)20/h6-13,28H,14-15H2,1-5H3;4-11,23-24H,12-13H2,1-3H3. The van der Waals surface area contributed by atoms with E-state index >= 15 is 0 Å². The third kappa shape index (κ3) is 8.31. The molecule has 302 valence electrons. The lowest BCUT2D eigenvalue weighted by Crippen LogP contribution is -2.56. The van der Waals surface area contributed by atoms with Crippen LogP contribution >= 0.6 is 15.9 Å². The molecule has 3 N–H and O–H groups in total. The molecule has 4 aromatic carbocycles. The number of halogens is 3. The number of benzene rings is 4. The van der Waals surface area contributed by atoms with Crippen LogP contribution in [0.3, 0.4) is 0 Å². The Kier molecular flexibility index (Phi) is 11.1. The van der Waals surface area contributed by atoms with Crippen LogP contribution in [0.1, 0.15) is 64.3 Å². The fourth-order valence-electron chi connectivity index (χ4n) is 7.54. The van der Waals surface area contributed by atoms with Crippen LogP contribution in [-0.2, 0) is 29.0 Å². The number of carbonyl (C=O) groups is 1. The number of amides is 1. The van der Waals surface area contributed by atoms with Gasteiger partial charge in [0.05, 0.1) is 15.4 Å². The highest BCUT2D eigenvalue weighted by atomic mass is 79.9. The first-order valence-corrected chi connectivity index (χ1v) is 20.4. The minimum Gasteiger partial charge on any atom is -0.340 e. The van der Waals surface area contributed by atoms with Crippen LogP contribution in [-0.4, -0.2) is 47.3 Å². The number of nitrogens with one attached hydrogen (secondary N) is 3. The summed E-state index contributed by atoms with van der Waals surface area (Å²) in [5, 5.41) is 10.6. The Morgan fingerprint density at radius 2 is 1.10 bits per heavy atom. The smallest absolute Gasteiger partial charge is 0.239 e. The van der Waals surface area contributed by atoms with Gasteiger partial charge in [0.25, 0.3) is 0 Å². The predicted molar refractivity (Wildman–Crippen MR) is 233 cm³/mol. The number of aromatic nitrogens is 4. The Morgan fingerprint density at radius 3 is 1.55 bits per heavy atom. The number of fused-ring (bicyclic) bond motifs is 2. The number of alkyl halides is 1. The fraction of sp³-hybridized carbons (Fsp3) is 0.326. The Labute approximate surface area is 348 Å². The number of anilines is 4. The van der Waals surface area contributed by atoms with E-state index in [2.05, 4.69) is 98.2 Å². The summed E-state index contributed by atoms with van der Waals surface area (Å²) in [4.78, 5) is 25.0.